The molecule has 2 aromatic rings. The number of rotatable bonds is 8. The molecule has 158 valence electrons. The average molecular weight is 437 g/mol. The van der Waals surface area contributed by atoms with Gasteiger partial charge < -0.3 is 0 Å². The Kier molecular flexibility index (Phi) is 6.65. The van der Waals surface area contributed by atoms with Gasteiger partial charge in [-0.3, -0.25) is 4.72 Å². The Morgan fingerprint density at radius 3 is 2.31 bits per heavy atom. The third-order valence-corrected chi connectivity index (χ3v) is 8.48. The van der Waals surface area contributed by atoms with Crippen LogP contribution in [0.4, 0.5) is 5.69 Å². The Bertz CT molecular complexity index is 1060. The van der Waals surface area contributed by atoms with Crippen LogP contribution in [-0.4, -0.2) is 33.4 Å². The van der Waals surface area contributed by atoms with Gasteiger partial charge in [0.15, 0.2) is 0 Å². The van der Waals surface area contributed by atoms with E-state index in [1.54, 1.807) is 24.3 Å². The van der Waals surface area contributed by atoms with Crippen molar-refractivity contribution in [3.63, 3.8) is 0 Å². The molecule has 1 aliphatic rings. The van der Waals surface area contributed by atoms with Gasteiger partial charge in [0.05, 0.1) is 10.6 Å². The molecule has 0 aromatic heterocycles. The van der Waals surface area contributed by atoms with Crippen LogP contribution in [0, 0.1) is 0 Å². The largest absolute Gasteiger partial charge is 0.280 e. The van der Waals surface area contributed by atoms with Crippen molar-refractivity contribution in [3.05, 3.63) is 59.2 Å². The predicted molar refractivity (Wildman–Crippen MR) is 116 cm³/mol. The van der Waals surface area contributed by atoms with E-state index in [0.29, 0.717) is 25.1 Å². The minimum atomic E-state index is -3.70. The Hall–Kier alpha value is -1.90. The van der Waals surface area contributed by atoms with Gasteiger partial charge in [-0.25, -0.2) is 16.8 Å². The molecule has 1 heterocycles. The first-order valence-corrected chi connectivity index (χ1v) is 13.1. The SMILES string of the molecule is CCCc1ccc(S(=O)(=O)Nc2ccc3c(c2)CN(S(=O)(=O)CCC)CC3)cc1. The zero-order valence-electron chi connectivity index (χ0n) is 16.9. The molecule has 1 aliphatic heterocycles. The smallest absolute Gasteiger partial charge is 0.261 e. The highest BCUT2D eigenvalue weighted by Gasteiger charge is 2.26. The lowest BCUT2D eigenvalue weighted by molar-refractivity contribution is 0.391. The minimum absolute atomic E-state index is 0.128. The van der Waals surface area contributed by atoms with Crippen LogP contribution >= 0.6 is 0 Å². The fourth-order valence-corrected chi connectivity index (χ4v) is 6.09. The van der Waals surface area contributed by atoms with E-state index in [4.69, 9.17) is 0 Å². The molecule has 0 bridgehead atoms. The van der Waals surface area contributed by atoms with Crippen molar-refractivity contribution in [1.29, 1.82) is 0 Å². The van der Waals surface area contributed by atoms with Crippen molar-refractivity contribution in [2.75, 3.05) is 17.0 Å². The van der Waals surface area contributed by atoms with Crippen LogP contribution in [0.2, 0.25) is 0 Å². The number of sulfonamides is 2. The van der Waals surface area contributed by atoms with E-state index in [0.717, 1.165) is 29.5 Å². The lowest BCUT2D eigenvalue weighted by Gasteiger charge is -2.28. The standard InChI is InChI=1S/C21H28N2O4S2/c1-3-5-17-6-10-21(11-7-17)29(26,27)22-20-9-8-18-12-13-23(16-19(18)15-20)28(24,25)14-4-2/h6-11,15,22H,3-5,12-14,16H2,1-2H3. The summed E-state index contributed by atoms with van der Waals surface area (Å²) in [5.41, 5.74) is 3.44. The maximum atomic E-state index is 12.7. The van der Waals surface area contributed by atoms with E-state index in [1.807, 2.05) is 25.1 Å². The van der Waals surface area contributed by atoms with Gasteiger partial charge in [0, 0.05) is 18.8 Å². The number of benzene rings is 2. The molecule has 8 heteroatoms. The van der Waals surface area contributed by atoms with E-state index in [1.165, 1.54) is 4.31 Å². The van der Waals surface area contributed by atoms with Crippen LogP contribution in [-0.2, 0) is 39.4 Å². The predicted octanol–water partition coefficient (Wildman–Crippen LogP) is 3.54. The highest BCUT2D eigenvalue weighted by molar-refractivity contribution is 7.92. The molecule has 0 amide bonds. The molecule has 0 unspecified atom stereocenters. The molecule has 2 aromatic carbocycles. The first kappa shape index (κ1) is 21.8. The maximum Gasteiger partial charge on any atom is 0.261 e. The first-order valence-electron chi connectivity index (χ1n) is 9.96. The molecule has 3 rings (SSSR count). The molecular weight excluding hydrogens is 408 g/mol. The molecule has 0 saturated carbocycles. The summed E-state index contributed by atoms with van der Waals surface area (Å²) in [6.07, 6.45) is 3.12. The van der Waals surface area contributed by atoms with Gasteiger partial charge in [-0.15, -0.1) is 0 Å². The third kappa shape index (κ3) is 5.18. The van der Waals surface area contributed by atoms with Gasteiger partial charge in [-0.2, -0.15) is 4.31 Å². The van der Waals surface area contributed by atoms with Crippen molar-refractivity contribution in [2.24, 2.45) is 0 Å². The second kappa shape index (κ2) is 8.85. The number of hydrogen-bond acceptors (Lipinski definition) is 4. The lowest BCUT2D eigenvalue weighted by atomic mass is 10.0. The van der Waals surface area contributed by atoms with Crippen LogP contribution in [0.5, 0.6) is 0 Å². The molecule has 29 heavy (non-hydrogen) atoms. The molecule has 6 nitrogen and oxygen atoms in total. The highest BCUT2D eigenvalue weighted by Crippen LogP contribution is 2.26. The molecule has 0 saturated heterocycles. The van der Waals surface area contributed by atoms with Crippen LogP contribution in [0.1, 0.15) is 43.4 Å². The molecule has 0 radical (unpaired) electrons. The summed E-state index contributed by atoms with van der Waals surface area (Å²) < 4.78 is 54.3. The quantitative estimate of drug-likeness (QED) is 0.686. The second-order valence-electron chi connectivity index (χ2n) is 7.38. The third-order valence-electron chi connectivity index (χ3n) is 5.06. The van der Waals surface area contributed by atoms with Crippen molar-refractivity contribution in [3.8, 4) is 0 Å². The van der Waals surface area contributed by atoms with Crippen molar-refractivity contribution < 1.29 is 16.8 Å². The van der Waals surface area contributed by atoms with Crippen LogP contribution in [0.15, 0.2) is 47.4 Å². The first-order chi connectivity index (χ1) is 13.7. The summed E-state index contributed by atoms with van der Waals surface area (Å²) >= 11 is 0. The molecule has 1 N–H and O–H groups in total. The van der Waals surface area contributed by atoms with E-state index >= 15 is 0 Å². The van der Waals surface area contributed by atoms with E-state index < -0.39 is 20.0 Å². The normalized spacial score (nSPS) is 15.1. The van der Waals surface area contributed by atoms with Gasteiger partial charge in [-0.05, 0) is 60.2 Å². The zero-order chi connectivity index (χ0) is 21.1. The highest BCUT2D eigenvalue weighted by atomic mass is 32.2. The van der Waals surface area contributed by atoms with Crippen LogP contribution < -0.4 is 4.72 Å². The number of aryl methyl sites for hydroxylation is 1. The Morgan fingerprint density at radius 1 is 0.931 bits per heavy atom. The van der Waals surface area contributed by atoms with Gasteiger partial charge in [0.2, 0.25) is 10.0 Å². The van der Waals surface area contributed by atoms with E-state index in [2.05, 4.69) is 11.6 Å². The van der Waals surface area contributed by atoms with Crippen LogP contribution in [0.3, 0.4) is 0 Å². The fourth-order valence-electron chi connectivity index (χ4n) is 3.56. The second-order valence-corrected chi connectivity index (χ2v) is 11.2. The lowest BCUT2D eigenvalue weighted by Crippen LogP contribution is -2.37. The van der Waals surface area contributed by atoms with E-state index in [9.17, 15) is 16.8 Å². The molecular formula is C21H28N2O4S2. The zero-order valence-corrected chi connectivity index (χ0v) is 18.5. The number of fused-ring (bicyclic) bond motifs is 1. The van der Waals surface area contributed by atoms with Crippen molar-refractivity contribution in [2.45, 2.75) is 51.0 Å². The summed E-state index contributed by atoms with van der Waals surface area (Å²) in [7, 11) is -6.99. The summed E-state index contributed by atoms with van der Waals surface area (Å²) in [5.74, 6) is 0.128. The summed E-state index contributed by atoms with van der Waals surface area (Å²) in [6, 6.07) is 12.3. The van der Waals surface area contributed by atoms with Crippen molar-refractivity contribution >= 4 is 25.7 Å². The Balaban J connectivity index is 1.79. The number of nitrogens with one attached hydrogen (secondary N) is 1. The molecule has 0 atom stereocenters. The van der Waals surface area contributed by atoms with Gasteiger partial charge in [-0.1, -0.05) is 38.5 Å². The molecule has 0 fully saturated rings. The summed E-state index contributed by atoms with van der Waals surface area (Å²) in [6.45, 7) is 4.66. The average Bonchev–Trinajstić information content (AvgIpc) is 2.68. The number of hydrogen-bond donors (Lipinski definition) is 1. The van der Waals surface area contributed by atoms with E-state index in [-0.39, 0.29) is 17.2 Å². The Labute approximate surface area is 174 Å². The monoisotopic (exact) mass is 436 g/mol. The van der Waals surface area contributed by atoms with Gasteiger partial charge in [0.1, 0.15) is 0 Å². The van der Waals surface area contributed by atoms with Crippen LogP contribution in [0.25, 0.3) is 0 Å². The topological polar surface area (TPSA) is 83.6 Å². The minimum Gasteiger partial charge on any atom is -0.280 e. The summed E-state index contributed by atoms with van der Waals surface area (Å²) in [5, 5.41) is 0. The molecule has 0 aliphatic carbocycles. The fraction of sp³-hybridized carbons (Fsp3) is 0.429. The number of nitrogens with zero attached hydrogens (tertiary/aromatic N) is 1. The number of anilines is 1. The van der Waals surface area contributed by atoms with Gasteiger partial charge in [0.25, 0.3) is 10.0 Å². The maximum absolute atomic E-state index is 12.7. The molecule has 0 spiro atoms. The van der Waals surface area contributed by atoms with Crippen molar-refractivity contribution in [1.82, 2.24) is 4.31 Å². The Morgan fingerprint density at radius 2 is 1.66 bits per heavy atom. The summed E-state index contributed by atoms with van der Waals surface area (Å²) in [4.78, 5) is 0.210. The van der Waals surface area contributed by atoms with Gasteiger partial charge >= 0.3 is 0 Å².